The summed E-state index contributed by atoms with van der Waals surface area (Å²) >= 11 is 3.37. The van der Waals surface area contributed by atoms with Crippen LogP contribution in [0.3, 0.4) is 0 Å². The van der Waals surface area contributed by atoms with Gasteiger partial charge in [-0.2, -0.15) is 5.10 Å². The highest BCUT2D eigenvalue weighted by molar-refractivity contribution is 9.10. The van der Waals surface area contributed by atoms with Gasteiger partial charge in [0.2, 0.25) is 5.91 Å². The van der Waals surface area contributed by atoms with Gasteiger partial charge in [-0.1, -0.05) is 28.1 Å². The van der Waals surface area contributed by atoms with Crippen LogP contribution in [0.15, 0.2) is 69.9 Å². The Labute approximate surface area is 169 Å². The lowest BCUT2D eigenvalue weighted by atomic mass is 10.1. The monoisotopic (exact) mass is 445 g/mol. The summed E-state index contributed by atoms with van der Waals surface area (Å²) in [4.78, 5) is 24.1. The van der Waals surface area contributed by atoms with Crippen LogP contribution in [0, 0.1) is 5.82 Å². The predicted molar refractivity (Wildman–Crippen MR) is 107 cm³/mol. The second-order valence-corrected chi connectivity index (χ2v) is 6.79. The number of amides is 1. The van der Waals surface area contributed by atoms with E-state index in [-0.39, 0.29) is 37.0 Å². The summed E-state index contributed by atoms with van der Waals surface area (Å²) in [6.07, 6.45) is 0. The average Bonchev–Trinajstić information content (AvgIpc) is 2.69. The Morgan fingerprint density at radius 2 is 1.79 bits per heavy atom. The van der Waals surface area contributed by atoms with Gasteiger partial charge in [0.25, 0.3) is 5.56 Å². The number of ether oxygens (including phenoxy) is 1. The van der Waals surface area contributed by atoms with Gasteiger partial charge >= 0.3 is 0 Å². The van der Waals surface area contributed by atoms with E-state index in [1.165, 1.54) is 30.3 Å². The van der Waals surface area contributed by atoms with Crippen molar-refractivity contribution < 1.29 is 13.9 Å². The molecule has 0 bridgehead atoms. The number of hydrogen-bond donors (Lipinski definition) is 1. The van der Waals surface area contributed by atoms with Gasteiger partial charge in [0.1, 0.15) is 24.7 Å². The van der Waals surface area contributed by atoms with Crippen LogP contribution in [-0.4, -0.2) is 28.8 Å². The average molecular weight is 446 g/mol. The minimum absolute atomic E-state index is 0.195. The van der Waals surface area contributed by atoms with Crippen LogP contribution >= 0.6 is 15.9 Å². The molecule has 1 N–H and O–H groups in total. The summed E-state index contributed by atoms with van der Waals surface area (Å²) in [5.41, 5.74) is 1.07. The molecule has 8 heteroatoms. The van der Waals surface area contributed by atoms with Crippen LogP contribution in [0.25, 0.3) is 11.3 Å². The quantitative estimate of drug-likeness (QED) is 0.567. The lowest BCUT2D eigenvalue weighted by Crippen LogP contribution is -2.35. The molecule has 0 atom stereocenters. The lowest BCUT2D eigenvalue weighted by Gasteiger charge is -2.09. The molecule has 1 amide bonds. The molecule has 2 aromatic carbocycles. The van der Waals surface area contributed by atoms with E-state index >= 15 is 0 Å². The van der Waals surface area contributed by atoms with Crippen molar-refractivity contribution in [2.24, 2.45) is 0 Å². The van der Waals surface area contributed by atoms with Gasteiger partial charge in [-0.05, 0) is 42.5 Å². The molecule has 0 spiro atoms. The molecular weight excluding hydrogens is 429 g/mol. The topological polar surface area (TPSA) is 73.2 Å². The molecule has 0 aliphatic carbocycles. The van der Waals surface area contributed by atoms with E-state index in [0.29, 0.717) is 11.4 Å². The SMILES string of the molecule is O=C(Cn1nc(-c2ccc(Br)cc2)ccc1=O)NCCOc1ccc(F)cc1. The Morgan fingerprint density at radius 3 is 2.50 bits per heavy atom. The first-order valence-corrected chi connectivity index (χ1v) is 9.30. The van der Waals surface area contributed by atoms with E-state index in [0.717, 1.165) is 14.7 Å². The zero-order chi connectivity index (χ0) is 19.9. The Kier molecular flexibility index (Phi) is 6.54. The van der Waals surface area contributed by atoms with Gasteiger partial charge in [-0.15, -0.1) is 0 Å². The maximum Gasteiger partial charge on any atom is 0.267 e. The molecule has 6 nitrogen and oxygen atoms in total. The highest BCUT2D eigenvalue weighted by atomic mass is 79.9. The molecular formula is C20H17BrFN3O3. The van der Waals surface area contributed by atoms with Gasteiger partial charge in [0.15, 0.2) is 0 Å². The Bertz CT molecular complexity index is 1000. The van der Waals surface area contributed by atoms with E-state index in [2.05, 4.69) is 26.3 Å². The van der Waals surface area contributed by atoms with Crippen LogP contribution in [0.1, 0.15) is 0 Å². The number of aromatic nitrogens is 2. The molecule has 144 valence electrons. The van der Waals surface area contributed by atoms with E-state index in [9.17, 15) is 14.0 Å². The molecule has 0 aliphatic heterocycles. The summed E-state index contributed by atoms with van der Waals surface area (Å²) < 4.78 is 20.3. The number of hydrogen-bond acceptors (Lipinski definition) is 4. The Hall–Kier alpha value is -3.00. The summed E-state index contributed by atoms with van der Waals surface area (Å²) in [5, 5.41) is 6.92. The molecule has 0 unspecified atom stereocenters. The number of carbonyl (C=O) groups excluding carboxylic acids is 1. The van der Waals surface area contributed by atoms with Crippen LogP contribution in [0.4, 0.5) is 4.39 Å². The van der Waals surface area contributed by atoms with Gasteiger partial charge in [0, 0.05) is 16.1 Å². The van der Waals surface area contributed by atoms with Crippen LogP contribution in [0.2, 0.25) is 0 Å². The van der Waals surface area contributed by atoms with Crippen molar-refractivity contribution in [3.05, 3.63) is 81.3 Å². The first kappa shape index (κ1) is 19.8. The highest BCUT2D eigenvalue weighted by Crippen LogP contribution is 2.18. The summed E-state index contributed by atoms with van der Waals surface area (Å²) in [7, 11) is 0. The van der Waals surface area contributed by atoms with Crippen molar-refractivity contribution >= 4 is 21.8 Å². The largest absolute Gasteiger partial charge is 0.492 e. The number of rotatable bonds is 7. The van der Waals surface area contributed by atoms with Gasteiger partial charge in [0.05, 0.1) is 12.2 Å². The maximum atomic E-state index is 12.8. The molecule has 3 rings (SSSR count). The van der Waals surface area contributed by atoms with E-state index in [1.54, 1.807) is 6.07 Å². The summed E-state index contributed by atoms with van der Waals surface area (Å²) in [6, 6.07) is 16.1. The minimum atomic E-state index is -0.362. The van der Waals surface area contributed by atoms with E-state index < -0.39 is 0 Å². The van der Waals surface area contributed by atoms with Crippen LogP contribution < -0.4 is 15.6 Å². The molecule has 3 aromatic rings. The van der Waals surface area contributed by atoms with Crippen molar-refractivity contribution in [1.29, 1.82) is 0 Å². The number of halogens is 2. The number of benzene rings is 2. The zero-order valence-electron chi connectivity index (χ0n) is 14.8. The van der Waals surface area contributed by atoms with E-state index in [4.69, 9.17) is 4.74 Å². The second-order valence-electron chi connectivity index (χ2n) is 5.87. The minimum Gasteiger partial charge on any atom is -0.492 e. The fourth-order valence-electron chi connectivity index (χ4n) is 2.42. The third kappa shape index (κ3) is 5.50. The van der Waals surface area contributed by atoms with Gasteiger partial charge in [-0.3, -0.25) is 9.59 Å². The molecule has 0 fully saturated rings. The third-order valence-electron chi connectivity index (χ3n) is 3.81. The Balaban J connectivity index is 1.54. The first-order chi connectivity index (χ1) is 13.5. The number of nitrogens with one attached hydrogen (secondary N) is 1. The molecule has 0 saturated heterocycles. The predicted octanol–water partition coefficient (Wildman–Crippen LogP) is 3.01. The maximum absolute atomic E-state index is 12.8. The van der Waals surface area contributed by atoms with Crippen molar-refractivity contribution in [2.45, 2.75) is 6.54 Å². The first-order valence-electron chi connectivity index (χ1n) is 8.50. The fourth-order valence-corrected chi connectivity index (χ4v) is 2.68. The molecule has 28 heavy (non-hydrogen) atoms. The molecule has 0 radical (unpaired) electrons. The van der Waals surface area contributed by atoms with E-state index in [1.807, 2.05) is 24.3 Å². The van der Waals surface area contributed by atoms with Gasteiger partial charge < -0.3 is 10.1 Å². The molecule has 0 saturated carbocycles. The van der Waals surface area contributed by atoms with Crippen molar-refractivity contribution in [1.82, 2.24) is 15.1 Å². The highest BCUT2D eigenvalue weighted by Gasteiger charge is 2.08. The molecule has 0 aliphatic rings. The summed E-state index contributed by atoms with van der Waals surface area (Å²) in [6.45, 7) is 0.274. The van der Waals surface area contributed by atoms with Crippen LogP contribution in [-0.2, 0) is 11.3 Å². The fraction of sp³-hybridized carbons (Fsp3) is 0.150. The second kappa shape index (κ2) is 9.27. The van der Waals surface area contributed by atoms with Crippen molar-refractivity contribution in [3.8, 4) is 17.0 Å². The number of carbonyl (C=O) groups is 1. The van der Waals surface area contributed by atoms with Crippen molar-refractivity contribution in [3.63, 3.8) is 0 Å². The standard InChI is InChI=1S/C20H17BrFN3O3/c21-15-3-1-14(2-4-15)18-9-10-20(27)25(24-18)13-19(26)23-11-12-28-17-7-5-16(22)6-8-17/h1-10H,11-13H2,(H,23,26). The Morgan fingerprint density at radius 1 is 1.07 bits per heavy atom. The lowest BCUT2D eigenvalue weighted by molar-refractivity contribution is -0.122. The normalized spacial score (nSPS) is 10.5. The molecule has 1 aromatic heterocycles. The molecule has 1 heterocycles. The third-order valence-corrected chi connectivity index (χ3v) is 4.34. The van der Waals surface area contributed by atoms with Crippen LogP contribution in [0.5, 0.6) is 5.75 Å². The number of nitrogens with zero attached hydrogens (tertiary/aromatic N) is 2. The van der Waals surface area contributed by atoms with Crippen molar-refractivity contribution in [2.75, 3.05) is 13.2 Å². The van der Waals surface area contributed by atoms with Gasteiger partial charge in [-0.25, -0.2) is 9.07 Å². The summed E-state index contributed by atoms with van der Waals surface area (Å²) in [5.74, 6) is -0.190. The smallest absolute Gasteiger partial charge is 0.267 e. The zero-order valence-corrected chi connectivity index (χ0v) is 16.4.